The topological polar surface area (TPSA) is 46.9 Å². The van der Waals surface area contributed by atoms with Crippen molar-refractivity contribution in [3.63, 3.8) is 0 Å². The predicted molar refractivity (Wildman–Crippen MR) is 102 cm³/mol. The van der Waals surface area contributed by atoms with Crippen LogP contribution in [0.15, 0.2) is 48.8 Å². The van der Waals surface area contributed by atoms with E-state index in [0.717, 1.165) is 0 Å². The van der Waals surface area contributed by atoms with Crippen LogP contribution >= 0.6 is 11.6 Å². The summed E-state index contributed by atoms with van der Waals surface area (Å²) in [6, 6.07) is 10.3. The molecule has 4 nitrogen and oxygen atoms in total. The molecular weight excluding hydrogens is 391 g/mol. The lowest BCUT2D eigenvalue weighted by atomic mass is 9.88. The number of aryl methyl sites for hydroxylation is 1. The van der Waals surface area contributed by atoms with E-state index in [9.17, 15) is 18.0 Å². The minimum atomic E-state index is -4.43. The van der Waals surface area contributed by atoms with Crippen LogP contribution in [0.2, 0.25) is 5.02 Å². The average Bonchev–Trinajstić information content (AvgIpc) is 2.87. The molecule has 1 aromatic carbocycles. The largest absolute Gasteiger partial charge is 0.391 e. The third-order valence-corrected chi connectivity index (χ3v) is 4.77. The molecule has 0 radical (unpaired) electrons. The fourth-order valence-corrected chi connectivity index (χ4v) is 3.61. The van der Waals surface area contributed by atoms with Gasteiger partial charge in [-0.05, 0) is 25.0 Å². The van der Waals surface area contributed by atoms with Crippen molar-refractivity contribution in [2.24, 2.45) is 7.05 Å². The Morgan fingerprint density at radius 1 is 1.25 bits per heavy atom. The normalized spacial score (nSPS) is 14.1. The number of hydrogen-bond donors (Lipinski definition) is 1. The van der Waals surface area contributed by atoms with E-state index < -0.39 is 24.0 Å². The number of rotatable bonds is 5. The molecule has 3 rings (SSSR count). The van der Waals surface area contributed by atoms with Crippen LogP contribution in [0.5, 0.6) is 0 Å². The summed E-state index contributed by atoms with van der Waals surface area (Å²) in [5.74, 6) is -0.628. The second-order valence-electron chi connectivity index (χ2n) is 7.15. The maximum atomic E-state index is 13.2. The van der Waals surface area contributed by atoms with Crippen LogP contribution in [0.3, 0.4) is 0 Å². The molecule has 1 atom stereocenters. The highest BCUT2D eigenvalue weighted by Crippen LogP contribution is 2.31. The van der Waals surface area contributed by atoms with Crippen molar-refractivity contribution in [3.05, 3.63) is 64.9 Å². The number of alkyl halides is 3. The van der Waals surface area contributed by atoms with Crippen molar-refractivity contribution in [1.82, 2.24) is 14.9 Å². The van der Waals surface area contributed by atoms with Crippen LogP contribution < -0.4 is 5.32 Å². The Kier molecular flexibility index (Phi) is 5.39. The van der Waals surface area contributed by atoms with Crippen molar-refractivity contribution in [3.8, 4) is 0 Å². The first-order chi connectivity index (χ1) is 13.1. The first kappa shape index (κ1) is 20.2. The number of nitrogens with one attached hydrogen (secondary N) is 1. The van der Waals surface area contributed by atoms with Crippen LogP contribution in [0, 0.1) is 0 Å². The van der Waals surface area contributed by atoms with E-state index in [1.54, 1.807) is 48.1 Å². The molecule has 0 spiro atoms. The molecule has 1 amide bonds. The van der Waals surface area contributed by atoms with Gasteiger partial charge in [-0.25, -0.2) is 4.98 Å². The van der Waals surface area contributed by atoms with Crippen molar-refractivity contribution in [2.75, 3.05) is 0 Å². The molecule has 0 aliphatic rings. The number of halogens is 4. The van der Waals surface area contributed by atoms with Crippen LogP contribution in [0.4, 0.5) is 13.2 Å². The molecule has 1 unspecified atom stereocenters. The Morgan fingerprint density at radius 2 is 1.93 bits per heavy atom. The SMILES string of the molecule is Cn1cc(Cl)c2cc(C(=O)NC(C)(Cc3ccccc3)CC(F)(F)F)cnc21. The first-order valence-electron chi connectivity index (χ1n) is 8.60. The molecule has 0 fully saturated rings. The molecule has 2 heterocycles. The number of amides is 1. The molecule has 0 saturated carbocycles. The van der Waals surface area contributed by atoms with Crippen molar-refractivity contribution >= 4 is 28.5 Å². The van der Waals surface area contributed by atoms with Crippen LogP contribution in [0.1, 0.15) is 29.3 Å². The Morgan fingerprint density at radius 3 is 2.57 bits per heavy atom. The molecule has 148 valence electrons. The van der Waals surface area contributed by atoms with Gasteiger partial charge in [-0.2, -0.15) is 13.2 Å². The highest BCUT2D eigenvalue weighted by molar-refractivity contribution is 6.35. The predicted octanol–water partition coefficient (Wildman–Crippen LogP) is 4.91. The van der Waals surface area contributed by atoms with E-state index in [0.29, 0.717) is 21.6 Å². The lowest BCUT2D eigenvalue weighted by Crippen LogP contribution is -2.50. The number of fused-ring (bicyclic) bond motifs is 1. The van der Waals surface area contributed by atoms with Gasteiger partial charge in [-0.1, -0.05) is 41.9 Å². The van der Waals surface area contributed by atoms with E-state index in [-0.39, 0.29) is 12.0 Å². The minimum Gasteiger partial charge on any atom is -0.346 e. The molecule has 3 aromatic rings. The van der Waals surface area contributed by atoms with Gasteiger partial charge in [0.1, 0.15) is 5.65 Å². The van der Waals surface area contributed by atoms with Gasteiger partial charge in [0.25, 0.3) is 5.91 Å². The quantitative estimate of drug-likeness (QED) is 0.650. The Bertz CT molecular complexity index is 1000. The van der Waals surface area contributed by atoms with E-state index in [1.807, 2.05) is 0 Å². The molecule has 28 heavy (non-hydrogen) atoms. The average molecular weight is 410 g/mol. The fourth-order valence-electron chi connectivity index (χ4n) is 3.33. The monoisotopic (exact) mass is 409 g/mol. The fraction of sp³-hybridized carbons (Fsp3) is 0.300. The zero-order valence-electron chi connectivity index (χ0n) is 15.3. The molecule has 0 bridgehead atoms. The highest BCUT2D eigenvalue weighted by Gasteiger charge is 2.40. The molecule has 2 aromatic heterocycles. The van der Waals surface area contributed by atoms with Gasteiger partial charge in [0.15, 0.2) is 0 Å². The number of hydrogen-bond acceptors (Lipinski definition) is 2. The van der Waals surface area contributed by atoms with Crippen LogP contribution in [-0.2, 0) is 13.5 Å². The number of carbonyl (C=O) groups excluding carboxylic acids is 1. The summed E-state index contributed by atoms with van der Waals surface area (Å²) in [7, 11) is 1.77. The van der Waals surface area contributed by atoms with Gasteiger partial charge in [0, 0.05) is 24.8 Å². The Hall–Kier alpha value is -2.54. The van der Waals surface area contributed by atoms with Crippen molar-refractivity contribution in [1.29, 1.82) is 0 Å². The van der Waals surface area contributed by atoms with Crippen molar-refractivity contribution < 1.29 is 18.0 Å². The van der Waals surface area contributed by atoms with Gasteiger partial charge in [-0.3, -0.25) is 4.79 Å². The van der Waals surface area contributed by atoms with E-state index in [4.69, 9.17) is 11.6 Å². The Balaban J connectivity index is 1.89. The maximum absolute atomic E-state index is 13.2. The van der Waals surface area contributed by atoms with Gasteiger partial charge >= 0.3 is 6.18 Å². The summed E-state index contributed by atoms with van der Waals surface area (Å²) < 4.78 is 41.3. The maximum Gasteiger partial charge on any atom is 0.391 e. The summed E-state index contributed by atoms with van der Waals surface area (Å²) >= 11 is 6.14. The van der Waals surface area contributed by atoms with E-state index in [1.165, 1.54) is 19.2 Å². The lowest BCUT2D eigenvalue weighted by Gasteiger charge is -2.32. The molecule has 0 aliphatic carbocycles. The van der Waals surface area contributed by atoms with E-state index in [2.05, 4.69) is 10.3 Å². The summed E-state index contributed by atoms with van der Waals surface area (Å²) in [4.78, 5) is 16.9. The third-order valence-electron chi connectivity index (χ3n) is 4.47. The van der Waals surface area contributed by atoms with Gasteiger partial charge in [0.05, 0.1) is 22.5 Å². The number of benzene rings is 1. The summed E-state index contributed by atoms with van der Waals surface area (Å²) in [6.45, 7) is 1.40. The van der Waals surface area contributed by atoms with Crippen molar-refractivity contribution in [2.45, 2.75) is 31.5 Å². The van der Waals surface area contributed by atoms with E-state index >= 15 is 0 Å². The van der Waals surface area contributed by atoms with Crippen LogP contribution in [0.25, 0.3) is 11.0 Å². The van der Waals surface area contributed by atoms with Gasteiger partial charge in [-0.15, -0.1) is 0 Å². The zero-order valence-corrected chi connectivity index (χ0v) is 16.1. The molecule has 0 aliphatic heterocycles. The first-order valence-corrected chi connectivity index (χ1v) is 8.98. The lowest BCUT2D eigenvalue weighted by molar-refractivity contribution is -0.147. The smallest absolute Gasteiger partial charge is 0.346 e. The van der Waals surface area contributed by atoms with Gasteiger partial charge < -0.3 is 9.88 Å². The second-order valence-corrected chi connectivity index (χ2v) is 7.56. The minimum absolute atomic E-state index is 0.0425. The number of pyridine rings is 1. The summed E-state index contributed by atoms with van der Waals surface area (Å²) in [5, 5.41) is 3.54. The number of carbonyl (C=O) groups is 1. The third kappa shape index (κ3) is 4.65. The molecule has 1 N–H and O–H groups in total. The standard InChI is InChI=1S/C20H19ClF3N3O/c1-19(12-20(22,23)24,9-13-6-4-3-5-7-13)26-18(28)14-8-15-16(21)11-27(2)17(15)25-10-14/h3-8,10-11H,9,12H2,1-2H3,(H,26,28). The van der Waals surface area contributed by atoms with Crippen LogP contribution in [-0.4, -0.2) is 27.2 Å². The Labute approximate surface area is 165 Å². The number of nitrogens with zero attached hydrogens (tertiary/aromatic N) is 2. The highest BCUT2D eigenvalue weighted by atomic mass is 35.5. The summed E-state index contributed by atoms with van der Waals surface area (Å²) in [6.07, 6.45) is -2.54. The zero-order chi connectivity index (χ0) is 20.5. The molecule has 8 heteroatoms. The molecular formula is C20H19ClF3N3O. The molecule has 0 saturated heterocycles. The number of aromatic nitrogens is 2. The summed E-state index contributed by atoms with van der Waals surface area (Å²) in [5.41, 5.74) is -0.0632. The van der Waals surface area contributed by atoms with Gasteiger partial charge in [0.2, 0.25) is 0 Å². The second kappa shape index (κ2) is 7.47.